The third-order valence-corrected chi connectivity index (χ3v) is 1.98. The zero-order valence-corrected chi connectivity index (χ0v) is 8.19. The molecule has 0 N–H and O–H groups in total. The van der Waals surface area contributed by atoms with Gasteiger partial charge >= 0.3 is 6.01 Å². The van der Waals surface area contributed by atoms with Crippen LogP contribution in [0.4, 0.5) is 0 Å². The Labute approximate surface area is 87.2 Å². The molecule has 0 saturated heterocycles. The molecule has 2 rings (SSSR count). The predicted molar refractivity (Wildman–Crippen MR) is 55.8 cm³/mol. The summed E-state index contributed by atoms with van der Waals surface area (Å²) in [5.41, 5.74) is 0. The molecule has 0 aliphatic rings. The molecular formula is C10H8N2OS. The van der Waals surface area contributed by atoms with Crippen LogP contribution in [0.2, 0.25) is 0 Å². The molecule has 70 valence electrons. The zero-order chi connectivity index (χ0) is 9.80. The fraction of sp³-hybridized carbons (Fsp3) is 0. The van der Waals surface area contributed by atoms with Gasteiger partial charge < -0.3 is 4.74 Å². The number of thiol groups is 1. The molecule has 1 heterocycles. The van der Waals surface area contributed by atoms with Gasteiger partial charge in [0.25, 0.3) is 0 Å². The van der Waals surface area contributed by atoms with Gasteiger partial charge in [0.15, 0.2) is 0 Å². The van der Waals surface area contributed by atoms with Crippen LogP contribution in [0.1, 0.15) is 0 Å². The Morgan fingerprint density at radius 2 is 1.71 bits per heavy atom. The second-order valence-electron chi connectivity index (χ2n) is 2.60. The summed E-state index contributed by atoms with van der Waals surface area (Å²) in [6.07, 6.45) is 3.26. The van der Waals surface area contributed by atoms with E-state index in [4.69, 9.17) is 4.74 Å². The minimum Gasteiger partial charge on any atom is -0.423 e. The SMILES string of the molecule is Sc1ccccc1Oc1ncccn1. The minimum absolute atomic E-state index is 0.328. The number of rotatable bonds is 2. The first-order valence-corrected chi connectivity index (χ1v) is 4.54. The molecule has 0 aliphatic heterocycles. The number of benzene rings is 1. The van der Waals surface area contributed by atoms with Crippen molar-refractivity contribution >= 4 is 12.6 Å². The van der Waals surface area contributed by atoms with Gasteiger partial charge in [-0.15, -0.1) is 12.6 Å². The second kappa shape index (κ2) is 4.11. The Balaban J connectivity index is 2.24. The Hall–Kier alpha value is -1.55. The van der Waals surface area contributed by atoms with Crippen molar-refractivity contribution in [3.8, 4) is 11.8 Å². The van der Waals surface area contributed by atoms with Crippen LogP contribution in [-0.4, -0.2) is 9.97 Å². The van der Waals surface area contributed by atoms with Crippen LogP contribution < -0.4 is 4.74 Å². The van der Waals surface area contributed by atoms with E-state index in [1.807, 2.05) is 24.3 Å². The lowest BCUT2D eigenvalue weighted by atomic mass is 10.3. The van der Waals surface area contributed by atoms with Crippen LogP contribution >= 0.6 is 12.6 Å². The minimum atomic E-state index is 0.328. The lowest BCUT2D eigenvalue weighted by Gasteiger charge is -2.04. The predicted octanol–water partition coefficient (Wildman–Crippen LogP) is 2.56. The second-order valence-corrected chi connectivity index (χ2v) is 3.08. The van der Waals surface area contributed by atoms with Crippen LogP contribution in [-0.2, 0) is 0 Å². The van der Waals surface area contributed by atoms with Crippen molar-refractivity contribution in [2.45, 2.75) is 4.90 Å². The standard InChI is InChI=1S/C10H8N2OS/c14-9-5-2-1-4-8(9)13-10-11-6-3-7-12-10/h1-7,14H. The highest BCUT2D eigenvalue weighted by Crippen LogP contribution is 2.24. The molecule has 1 aromatic carbocycles. The molecule has 0 atom stereocenters. The van der Waals surface area contributed by atoms with Crippen LogP contribution in [0.5, 0.6) is 11.8 Å². The maximum Gasteiger partial charge on any atom is 0.321 e. The van der Waals surface area contributed by atoms with E-state index in [0.717, 1.165) is 4.90 Å². The van der Waals surface area contributed by atoms with Crippen LogP contribution in [0.3, 0.4) is 0 Å². The van der Waals surface area contributed by atoms with Gasteiger partial charge in [-0.05, 0) is 18.2 Å². The maximum absolute atomic E-state index is 5.41. The molecule has 2 aromatic rings. The fourth-order valence-corrected chi connectivity index (χ4v) is 1.19. The molecule has 1 aromatic heterocycles. The monoisotopic (exact) mass is 204 g/mol. The quantitative estimate of drug-likeness (QED) is 0.763. The van der Waals surface area contributed by atoms with Crippen molar-refractivity contribution in [1.29, 1.82) is 0 Å². The summed E-state index contributed by atoms with van der Waals surface area (Å²) in [7, 11) is 0. The summed E-state index contributed by atoms with van der Waals surface area (Å²) in [5, 5.41) is 0. The van der Waals surface area contributed by atoms with Crippen LogP contribution in [0.15, 0.2) is 47.6 Å². The largest absolute Gasteiger partial charge is 0.423 e. The van der Waals surface area contributed by atoms with Crippen molar-refractivity contribution in [3.05, 3.63) is 42.7 Å². The van der Waals surface area contributed by atoms with Crippen molar-refractivity contribution < 1.29 is 4.74 Å². The smallest absolute Gasteiger partial charge is 0.321 e. The molecule has 0 radical (unpaired) electrons. The molecule has 0 saturated carbocycles. The molecule has 0 aliphatic carbocycles. The zero-order valence-electron chi connectivity index (χ0n) is 7.29. The Morgan fingerprint density at radius 1 is 1.00 bits per heavy atom. The Kier molecular flexibility index (Phi) is 2.65. The average Bonchev–Trinajstić information content (AvgIpc) is 2.23. The number of aromatic nitrogens is 2. The number of nitrogens with zero attached hydrogens (tertiary/aromatic N) is 2. The number of hydrogen-bond acceptors (Lipinski definition) is 4. The van der Waals surface area contributed by atoms with Gasteiger partial charge in [-0.2, -0.15) is 0 Å². The lowest BCUT2D eigenvalue weighted by Crippen LogP contribution is -1.90. The number of hydrogen-bond donors (Lipinski definition) is 1. The van der Waals surface area contributed by atoms with E-state index in [-0.39, 0.29) is 0 Å². The van der Waals surface area contributed by atoms with E-state index in [9.17, 15) is 0 Å². The first-order chi connectivity index (χ1) is 6.86. The maximum atomic E-state index is 5.41. The summed E-state index contributed by atoms with van der Waals surface area (Å²) < 4.78 is 5.41. The number of para-hydroxylation sites is 1. The van der Waals surface area contributed by atoms with Gasteiger partial charge in [-0.3, -0.25) is 0 Å². The molecule has 0 bridgehead atoms. The van der Waals surface area contributed by atoms with Crippen molar-refractivity contribution in [1.82, 2.24) is 9.97 Å². The summed E-state index contributed by atoms with van der Waals surface area (Å²) in [5.74, 6) is 0.655. The normalized spacial score (nSPS) is 9.79. The summed E-state index contributed by atoms with van der Waals surface area (Å²) in [6.45, 7) is 0. The third kappa shape index (κ3) is 2.03. The van der Waals surface area contributed by atoms with E-state index >= 15 is 0 Å². The van der Waals surface area contributed by atoms with Gasteiger partial charge in [0.05, 0.1) is 0 Å². The molecule has 0 unspecified atom stereocenters. The van der Waals surface area contributed by atoms with Crippen molar-refractivity contribution in [2.24, 2.45) is 0 Å². The first kappa shape index (κ1) is 9.02. The molecule has 3 nitrogen and oxygen atoms in total. The van der Waals surface area contributed by atoms with E-state index < -0.39 is 0 Å². The molecule has 0 spiro atoms. The van der Waals surface area contributed by atoms with Crippen molar-refractivity contribution in [2.75, 3.05) is 0 Å². The highest BCUT2D eigenvalue weighted by Gasteiger charge is 2.01. The topological polar surface area (TPSA) is 35.0 Å². The average molecular weight is 204 g/mol. The number of ether oxygens (including phenoxy) is 1. The highest BCUT2D eigenvalue weighted by atomic mass is 32.1. The molecular weight excluding hydrogens is 196 g/mol. The fourth-order valence-electron chi connectivity index (χ4n) is 0.980. The van der Waals surface area contributed by atoms with Gasteiger partial charge in [-0.1, -0.05) is 12.1 Å². The van der Waals surface area contributed by atoms with Gasteiger partial charge in [0, 0.05) is 17.3 Å². The third-order valence-electron chi connectivity index (χ3n) is 1.61. The first-order valence-electron chi connectivity index (χ1n) is 4.09. The van der Waals surface area contributed by atoms with Gasteiger partial charge in [0.2, 0.25) is 0 Å². The van der Waals surface area contributed by atoms with Gasteiger partial charge in [0.1, 0.15) is 5.75 Å². The summed E-state index contributed by atoms with van der Waals surface area (Å²) in [6, 6.07) is 9.49. The van der Waals surface area contributed by atoms with Crippen LogP contribution in [0, 0.1) is 0 Å². The summed E-state index contributed by atoms with van der Waals surface area (Å²) >= 11 is 4.25. The summed E-state index contributed by atoms with van der Waals surface area (Å²) in [4.78, 5) is 8.66. The Morgan fingerprint density at radius 3 is 2.43 bits per heavy atom. The molecule has 14 heavy (non-hydrogen) atoms. The van der Waals surface area contributed by atoms with E-state index in [2.05, 4.69) is 22.6 Å². The Bertz CT molecular complexity index is 419. The molecule has 0 fully saturated rings. The van der Waals surface area contributed by atoms with Crippen molar-refractivity contribution in [3.63, 3.8) is 0 Å². The van der Waals surface area contributed by atoms with Crippen LogP contribution in [0.25, 0.3) is 0 Å². The lowest BCUT2D eigenvalue weighted by molar-refractivity contribution is 0.432. The highest BCUT2D eigenvalue weighted by molar-refractivity contribution is 7.80. The van der Waals surface area contributed by atoms with E-state index in [1.165, 1.54) is 0 Å². The molecule has 0 amide bonds. The van der Waals surface area contributed by atoms with Gasteiger partial charge in [-0.25, -0.2) is 9.97 Å². The molecule has 4 heteroatoms. The van der Waals surface area contributed by atoms with E-state index in [1.54, 1.807) is 18.5 Å². The van der Waals surface area contributed by atoms with E-state index in [0.29, 0.717) is 11.8 Å².